The number of anilines is 1. The van der Waals surface area contributed by atoms with Crippen molar-refractivity contribution in [2.45, 2.75) is 32.7 Å². The normalized spacial score (nSPS) is 14.5. The van der Waals surface area contributed by atoms with E-state index in [2.05, 4.69) is 10.1 Å². The van der Waals surface area contributed by atoms with Crippen LogP contribution in [-0.2, 0) is 4.79 Å². The Hall–Kier alpha value is -1.76. The number of nitrogens with one attached hydrogen (secondary N) is 1. The van der Waals surface area contributed by atoms with Gasteiger partial charge < -0.3 is 15.8 Å². The molecule has 2 atom stereocenters. The molecule has 0 aromatic heterocycles. The zero-order valence-corrected chi connectivity index (χ0v) is 11.2. The fraction of sp³-hybridized carbons (Fsp3) is 0.462. The minimum Gasteiger partial charge on any atom is -0.404 e. The number of nitrogens with two attached hydrogens (primary N) is 1. The Kier molecular flexibility index (Phi) is 5.38. The summed E-state index contributed by atoms with van der Waals surface area (Å²) < 4.78 is 40.6. The largest absolute Gasteiger partial charge is 0.573 e. The number of carbonyl (C=O) groups excluding carboxylic acids is 1. The predicted octanol–water partition coefficient (Wildman–Crippen LogP) is 2.90. The van der Waals surface area contributed by atoms with Gasteiger partial charge in [-0.2, -0.15) is 0 Å². The van der Waals surface area contributed by atoms with Crippen LogP contribution in [0.4, 0.5) is 18.9 Å². The summed E-state index contributed by atoms with van der Waals surface area (Å²) in [6, 6.07) is 4.53. The second kappa shape index (κ2) is 6.60. The van der Waals surface area contributed by atoms with Crippen LogP contribution in [0.2, 0.25) is 0 Å². The van der Waals surface area contributed by atoms with Gasteiger partial charge in [-0.15, -0.1) is 13.2 Å². The summed E-state index contributed by atoms with van der Waals surface area (Å²) in [5.74, 6) is -1.09. The maximum atomic E-state index is 12.2. The highest BCUT2D eigenvalue weighted by Gasteiger charge is 2.32. The number of hydrogen-bond acceptors (Lipinski definition) is 3. The van der Waals surface area contributed by atoms with E-state index in [1.54, 1.807) is 6.92 Å². The molecule has 1 amide bonds. The minimum absolute atomic E-state index is 0.0615. The third-order valence-electron chi connectivity index (χ3n) is 2.93. The van der Waals surface area contributed by atoms with E-state index in [4.69, 9.17) is 5.73 Å². The molecule has 1 aromatic rings. The second-order valence-corrected chi connectivity index (χ2v) is 4.44. The van der Waals surface area contributed by atoms with E-state index in [-0.39, 0.29) is 11.6 Å². The molecule has 0 radical (unpaired) electrons. The summed E-state index contributed by atoms with van der Waals surface area (Å²) in [4.78, 5) is 11.9. The number of hydrogen-bond donors (Lipinski definition) is 2. The SMILES string of the molecule is CC[C@H](C)[C@H](N)C(=O)Nc1ccccc1OC(F)(F)F. The zero-order valence-electron chi connectivity index (χ0n) is 11.2. The van der Waals surface area contributed by atoms with Gasteiger partial charge in [-0.1, -0.05) is 32.4 Å². The zero-order chi connectivity index (χ0) is 15.3. The lowest BCUT2D eigenvalue weighted by Gasteiger charge is -2.19. The van der Waals surface area contributed by atoms with Gasteiger partial charge in [-0.3, -0.25) is 4.79 Å². The molecular formula is C13H17F3N2O2. The first kappa shape index (κ1) is 16.3. The molecule has 112 valence electrons. The summed E-state index contributed by atoms with van der Waals surface area (Å²) >= 11 is 0. The number of benzene rings is 1. The summed E-state index contributed by atoms with van der Waals surface area (Å²) in [5, 5.41) is 2.36. The van der Waals surface area contributed by atoms with E-state index in [9.17, 15) is 18.0 Å². The van der Waals surface area contributed by atoms with Crippen LogP contribution in [0, 0.1) is 5.92 Å². The van der Waals surface area contributed by atoms with Crippen LogP contribution >= 0.6 is 0 Å². The lowest BCUT2D eigenvalue weighted by Crippen LogP contribution is -2.40. The molecule has 1 rings (SSSR count). The molecule has 0 unspecified atom stereocenters. The van der Waals surface area contributed by atoms with Crippen LogP contribution < -0.4 is 15.8 Å². The van der Waals surface area contributed by atoms with Crippen LogP contribution in [0.25, 0.3) is 0 Å². The molecule has 1 aromatic carbocycles. The van der Waals surface area contributed by atoms with Crippen molar-refractivity contribution in [3.63, 3.8) is 0 Å². The number of amides is 1. The Morgan fingerprint density at radius 3 is 2.55 bits per heavy atom. The molecule has 0 saturated carbocycles. The van der Waals surface area contributed by atoms with Crippen molar-refractivity contribution in [3.05, 3.63) is 24.3 Å². The molecule has 0 aliphatic carbocycles. The predicted molar refractivity (Wildman–Crippen MR) is 69.2 cm³/mol. The lowest BCUT2D eigenvalue weighted by molar-refractivity contribution is -0.274. The Balaban J connectivity index is 2.85. The summed E-state index contributed by atoms with van der Waals surface area (Å²) in [5.41, 5.74) is 5.66. The number of carbonyl (C=O) groups is 1. The van der Waals surface area contributed by atoms with E-state index in [0.717, 1.165) is 6.07 Å². The van der Waals surface area contributed by atoms with E-state index >= 15 is 0 Å². The van der Waals surface area contributed by atoms with Crippen molar-refractivity contribution in [2.24, 2.45) is 11.7 Å². The van der Waals surface area contributed by atoms with Crippen molar-refractivity contribution < 1.29 is 22.7 Å². The monoisotopic (exact) mass is 290 g/mol. The Bertz CT molecular complexity index is 463. The van der Waals surface area contributed by atoms with Gasteiger partial charge in [0.05, 0.1) is 11.7 Å². The van der Waals surface area contributed by atoms with Crippen LogP contribution in [0.15, 0.2) is 24.3 Å². The maximum Gasteiger partial charge on any atom is 0.573 e. The highest BCUT2D eigenvalue weighted by atomic mass is 19.4. The van der Waals surface area contributed by atoms with Crippen molar-refractivity contribution in [1.82, 2.24) is 0 Å². The van der Waals surface area contributed by atoms with Crippen molar-refractivity contribution in [2.75, 3.05) is 5.32 Å². The summed E-state index contributed by atoms with van der Waals surface area (Å²) in [6.07, 6.45) is -4.13. The molecule has 20 heavy (non-hydrogen) atoms. The highest BCUT2D eigenvalue weighted by molar-refractivity contribution is 5.96. The number of rotatable bonds is 5. The fourth-order valence-electron chi connectivity index (χ4n) is 1.51. The van der Waals surface area contributed by atoms with Crippen LogP contribution in [0.1, 0.15) is 20.3 Å². The first-order chi connectivity index (χ1) is 9.24. The van der Waals surface area contributed by atoms with Gasteiger partial charge in [0, 0.05) is 0 Å². The first-order valence-electron chi connectivity index (χ1n) is 6.15. The second-order valence-electron chi connectivity index (χ2n) is 4.44. The molecule has 0 spiro atoms. The van der Waals surface area contributed by atoms with Crippen molar-refractivity contribution in [3.8, 4) is 5.75 Å². The van der Waals surface area contributed by atoms with Crippen LogP contribution in [0.5, 0.6) is 5.75 Å². The molecule has 0 fully saturated rings. The third-order valence-corrected chi connectivity index (χ3v) is 2.93. The van der Waals surface area contributed by atoms with Crippen LogP contribution in [0.3, 0.4) is 0 Å². The molecule has 7 heteroatoms. The van der Waals surface area contributed by atoms with E-state index < -0.39 is 24.1 Å². The maximum absolute atomic E-state index is 12.2. The van der Waals surface area contributed by atoms with Crippen molar-refractivity contribution in [1.29, 1.82) is 0 Å². The average molecular weight is 290 g/mol. The first-order valence-corrected chi connectivity index (χ1v) is 6.15. The lowest BCUT2D eigenvalue weighted by atomic mass is 9.99. The standard InChI is InChI=1S/C13H17F3N2O2/c1-3-8(2)11(17)12(19)18-9-6-4-5-7-10(9)20-13(14,15)16/h4-8,11H,3,17H2,1-2H3,(H,18,19)/t8-,11-/m0/s1. The Morgan fingerprint density at radius 1 is 1.40 bits per heavy atom. The van der Waals surface area contributed by atoms with Gasteiger partial charge in [0.2, 0.25) is 5.91 Å². The van der Waals surface area contributed by atoms with Gasteiger partial charge in [-0.05, 0) is 18.1 Å². The molecule has 3 N–H and O–H groups in total. The van der Waals surface area contributed by atoms with Gasteiger partial charge in [-0.25, -0.2) is 0 Å². The van der Waals surface area contributed by atoms with Crippen molar-refractivity contribution >= 4 is 11.6 Å². The van der Waals surface area contributed by atoms with E-state index in [1.807, 2.05) is 6.92 Å². The van der Waals surface area contributed by atoms with E-state index in [0.29, 0.717) is 6.42 Å². The molecule has 0 aliphatic heterocycles. The highest BCUT2D eigenvalue weighted by Crippen LogP contribution is 2.30. The Morgan fingerprint density at radius 2 is 2.00 bits per heavy atom. The smallest absolute Gasteiger partial charge is 0.404 e. The molecule has 4 nitrogen and oxygen atoms in total. The summed E-state index contributed by atoms with van der Waals surface area (Å²) in [6.45, 7) is 3.67. The van der Waals surface area contributed by atoms with E-state index in [1.165, 1.54) is 18.2 Å². The number of halogens is 3. The average Bonchev–Trinajstić information content (AvgIpc) is 2.37. The molecule has 0 heterocycles. The molecule has 0 aliphatic rings. The van der Waals surface area contributed by atoms with Crippen LogP contribution in [-0.4, -0.2) is 18.3 Å². The molecular weight excluding hydrogens is 273 g/mol. The Labute approximate surface area is 115 Å². The van der Waals surface area contributed by atoms with Gasteiger partial charge >= 0.3 is 6.36 Å². The minimum atomic E-state index is -4.82. The molecule has 0 bridgehead atoms. The quantitative estimate of drug-likeness (QED) is 0.876. The number of alkyl halides is 3. The fourth-order valence-corrected chi connectivity index (χ4v) is 1.51. The van der Waals surface area contributed by atoms with Gasteiger partial charge in [0.1, 0.15) is 0 Å². The number of para-hydroxylation sites is 2. The van der Waals surface area contributed by atoms with Gasteiger partial charge in [0.25, 0.3) is 0 Å². The molecule has 0 saturated heterocycles. The topological polar surface area (TPSA) is 64.4 Å². The van der Waals surface area contributed by atoms with Gasteiger partial charge in [0.15, 0.2) is 5.75 Å². The third kappa shape index (κ3) is 4.73. The summed E-state index contributed by atoms with van der Waals surface area (Å²) in [7, 11) is 0. The number of ether oxygens (including phenoxy) is 1.